The van der Waals surface area contributed by atoms with Crippen molar-refractivity contribution in [3.05, 3.63) is 38.8 Å². The van der Waals surface area contributed by atoms with Crippen LogP contribution in [0, 0.1) is 6.92 Å². The summed E-state index contributed by atoms with van der Waals surface area (Å²) < 4.78 is 37.0. The highest BCUT2D eigenvalue weighted by molar-refractivity contribution is 9.10. The number of hydrogen-bond donors (Lipinski definition) is 0. The van der Waals surface area contributed by atoms with Crippen LogP contribution in [0.1, 0.15) is 11.1 Å². The number of allylic oxidation sites excluding steroid dienone is 1. The number of halogens is 5. The van der Waals surface area contributed by atoms with Crippen molar-refractivity contribution in [3.8, 4) is 0 Å². The first kappa shape index (κ1) is 12.6. The Hall–Kier alpha value is -0.480. The van der Waals surface area contributed by atoms with Crippen molar-refractivity contribution in [2.75, 3.05) is 0 Å². The summed E-state index contributed by atoms with van der Waals surface area (Å²) in [7, 11) is 0. The van der Waals surface area contributed by atoms with Gasteiger partial charge in [-0.3, -0.25) is 0 Å². The van der Waals surface area contributed by atoms with Crippen LogP contribution in [0.5, 0.6) is 0 Å². The fourth-order valence-electron chi connectivity index (χ4n) is 0.968. The molecule has 0 saturated carbocycles. The lowest BCUT2D eigenvalue weighted by Crippen LogP contribution is -2.06. The van der Waals surface area contributed by atoms with Crippen molar-refractivity contribution in [2.45, 2.75) is 13.1 Å². The molecule has 0 radical (unpaired) electrons. The van der Waals surface area contributed by atoms with E-state index in [0.29, 0.717) is 10.0 Å². The molecule has 15 heavy (non-hydrogen) atoms. The molecular formula is C10H7BrClF3. The largest absolute Gasteiger partial charge is 0.426 e. The highest BCUT2D eigenvalue weighted by Crippen LogP contribution is 2.32. The van der Waals surface area contributed by atoms with Crippen LogP contribution in [0.25, 0.3) is 6.08 Å². The minimum atomic E-state index is -4.49. The summed E-state index contributed by atoms with van der Waals surface area (Å²) in [4.78, 5) is 0. The molecule has 0 saturated heterocycles. The van der Waals surface area contributed by atoms with Gasteiger partial charge in [-0.2, -0.15) is 13.2 Å². The number of rotatable bonds is 1. The van der Waals surface area contributed by atoms with Gasteiger partial charge in [-0.1, -0.05) is 39.7 Å². The van der Waals surface area contributed by atoms with Crippen LogP contribution >= 0.6 is 27.5 Å². The van der Waals surface area contributed by atoms with Crippen molar-refractivity contribution >= 4 is 33.6 Å². The number of benzene rings is 1. The maximum Gasteiger partial charge on any atom is 0.426 e. The summed E-state index contributed by atoms with van der Waals surface area (Å²) in [6.45, 7) is 1.85. The Morgan fingerprint density at radius 3 is 2.47 bits per heavy atom. The normalized spacial score (nSPS) is 13.1. The molecule has 0 aliphatic rings. The van der Waals surface area contributed by atoms with E-state index in [1.807, 2.05) is 6.92 Å². The third-order valence-corrected chi connectivity index (χ3v) is 2.72. The van der Waals surface area contributed by atoms with Gasteiger partial charge in [0.1, 0.15) is 5.03 Å². The Morgan fingerprint density at radius 2 is 2.00 bits per heavy atom. The van der Waals surface area contributed by atoms with E-state index in [1.165, 1.54) is 0 Å². The summed E-state index contributed by atoms with van der Waals surface area (Å²) in [5, 5.41) is -1.13. The maximum atomic E-state index is 12.1. The van der Waals surface area contributed by atoms with Crippen LogP contribution in [0.2, 0.25) is 0 Å². The molecule has 0 nitrogen and oxygen atoms in total. The second-order valence-corrected chi connectivity index (χ2v) is 4.28. The number of aryl methyl sites for hydroxylation is 1. The Labute approximate surface area is 98.9 Å². The summed E-state index contributed by atoms with van der Waals surface area (Å²) in [5.41, 5.74) is 1.37. The molecule has 0 unspecified atom stereocenters. The highest BCUT2D eigenvalue weighted by Gasteiger charge is 2.32. The quantitative estimate of drug-likeness (QED) is 0.692. The third-order valence-electron chi connectivity index (χ3n) is 1.71. The van der Waals surface area contributed by atoms with Crippen molar-refractivity contribution in [3.63, 3.8) is 0 Å². The topological polar surface area (TPSA) is 0 Å². The van der Waals surface area contributed by atoms with E-state index in [9.17, 15) is 13.2 Å². The third kappa shape index (κ3) is 3.54. The summed E-state index contributed by atoms with van der Waals surface area (Å²) in [6.07, 6.45) is -3.60. The molecule has 0 N–H and O–H groups in total. The van der Waals surface area contributed by atoms with Crippen LogP contribution < -0.4 is 0 Å². The summed E-state index contributed by atoms with van der Waals surface area (Å²) in [5.74, 6) is 0. The fourth-order valence-corrected chi connectivity index (χ4v) is 1.69. The van der Waals surface area contributed by atoms with Crippen LogP contribution in [-0.4, -0.2) is 6.18 Å². The Bertz CT molecular complexity index is 396. The monoisotopic (exact) mass is 298 g/mol. The summed E-state index contributed by atoms with van der Waals surface area (Å²) >= 11 is 8.29. The van der Waals surface area contributed by atoms with Crippen molar-refractivity contribution in [2.24, 2.45) is 0 Å². The smallest absolute Gasteiger partial charge is 0.165 e. The lowest BCUT2D eigenvalue weighted by molar-refractivity contribution is -0.0836. The Morgan fingerprint density at radius 1 is 1.40 bits per heavy atom. The molecule has 82 valence electrons. The molecule has 0 spiro atoms. The SMILES string of the molecule is Cc1ccc(C=C(Cl)C(F)(F)F)c(Br)c1. The van der Waals surface area contributed by atoms with E-state index < -0.39 is 11.2 Å². The minimum Gasteiger partial charge on any atom is -0.165 e. The Balaban J connectivity index is 3.09. The first-order chi connectivity index (χ1) is 6.80. The molecule has 0 aliphatic carbocycles. The van der Waals surface area contributed by atoms with Gasteiger partial charge in [0.05, 0.1) is 0 Å². The van der Waals surface area contributed by atoms with Crippen molar-refractivity contribution in [1.82, 2.24) is 0 Å². The minimum absolute atomic E-state index is 0.405. The van der Waals surface area contributed by atoms with Gasteiger partial charge in [0.25, 0.3) is 0 Å². The van der Waals surface area contributed by atoms with E-state index in [2.05, 4.69) is 15.9 Å². The van der Waals surface area contributed by atoms with Crippen LogP contribution in [-0.2, 0) is 0 Å². The Kier molecular flexibility index (Phi) is 3.84. The van der Waals surface area contributed by atoms with Gasteiger partial charge in [0.15, 0.2) is 0 Å². The number of alkyl halides is 3. The van der Waals surface area contributed by atoms with E-state index in [-0.39, 0.29) is 0 Å². The van der Waals surface area contributed by atoms with Crippen molar-refractivity contribution in [1.29, 1.82) is 0 Å². The molecule has 0 fully saturated rings. The van der Waals surface area contributed by atoms with E-state index in [1.54, 1.807) is 18.2 Å². The molecule has 1 rings (SSSR count). The molecule has 0 heterocycles. The van der Waals surface area contributed by atoms with Gasteiger partial charge in [-0.25, -0.2) is 0 Å². The van der Waals surface area contributed by atoms with Gasteiger partial charge in [0.2, 0.25) is 0 Å². The van der Waals surface area contributed by atoms with Crippen LogP contribution in [0.4, 0.5) is 13.2 Å². The highest BCUT2D eigenvalue weighted by atomic mass is 79.9. The first-order valence-corrected chi connectivity index (χ1v) is 5.18. The zero-order chi connectivity index (χ0) is 11.6. The lowest BCUT2D eigenvalue weighted by Gasteiger charge is -2.05. The molecular weight excluding hydrogens is 292 g/mol. The molecule has 1 aromatic rings. The van der Waals surface area contributed by atoms with E-state index in [0.717, 1.165) is 11.6 Å². The van der Waals surface area contributed by atoms with Gasteiger partial charge in [-0.15, -0.1) is 0 Å². The van der Waals surface area contributed by atoms with Gasteiger partial charge < -0.3 is 0 Å². The fraction of sp³-hybridized carbons (Fsp3) is 0.200. The second-order valence-electron chi connectivity index (χ2n) is 3.02. The van der Waals surface area contributed by atoms with E-state index in [4.69, 9.17) is 11.6 Å². The van der Waals surface area contributed by atoms with Gasteiger partial charge in [-0.05, 0) is 30.2 Å². The van der Waals surface area contributed by atoms with Crippen LogP contribution in [0.3, 0.4) is 0 Å². The van der Waals surface area contributed by atoms with Crippen LogP contribution in [0.15, 0.2) is 27.7 Å². The average Bonchev–Trinajstić information content (AvgIpc) is 2.08. The first-order valence-electron chi connectivity index (χ1n) is 4.01. The molecule has 1 aromatic carbocycles. The molecule has 0 amide bonds. The molecule has 5 heteroatoms. The molecule has 0 bridgehead atoms. The molecule has 0 atom stereocenters. The second kappa shape index (κ2) is 4.58. The summed E-state index contributed by atoms with van der Waals surface area (Å²) in [6, 6.07) is 5.02. The predicted octanol–water partition coefficient (Wildman–Crippen LogP) is 4.90. The zero-order valence-corrected chi connectivity index (χ0v) is 10.0. The van der Waals surface area contributed by atoms with Gasteiger partial charge in [0, 0.05) is 4.47 Å². The average molecular weight is 300 g/mol. The lowest BCUT2D eigenvalue weighted by atomic mass is 10.1. The van der Waals surface area contributed by atoms with Gasteiger partial charge >= 0.3 is 6.18 Å². The zero-order valence-electron chi connectivity index (χ0n) is 7.70. The standard InChI is InChI=1S/C10H7BrClF3/c1-6-2-3-7(8(11)4-6)5-9(12)10(13,14)15/h2-5H,1H3. The molecule has 0 aliphatic heterocycles. The maximum absolute atomic E-state index is 12.1. The van der Waals surface area contributed by atoms with E-state index >= 15 is 0 Å². The van der Waals surface area contributed by atoms with Crippen molar-refractivity contribution < 1.29 is 13.2 Å². The number of hydrogen-bond acceptors (Lipinski definition) is 0. The molecule has 0 aromatic heterocycles. The predicted molar refractivity (Wildman–Crippen MR) is 58.8 cm³/mol.